The number of amides is 1. The molecule has 0 bridgehead atoms. The van der Waals surface area contributed by atoms with Crippen LogP contribution in [0.15, 0.2) is 48.5 Å². The van der Waals surface area contributed by atoms with Gasteiger partial charge in [0.2, 0.25) is 0 Å². The zero-order valence-electron chi connectivity index (χ0n) is 11.8. The van der Waals surface area contributed by atoms with Crippen molar-refractivity contribution in [1.82, 2.24) is 5.48 Å². The summed E-state index contributed by atoms with van der Waals surface area (Å²) < 4.78 is 5.67. The maximum Gasteiger partial charge on any atom is 0.260 e. The number of rotatable bonds is 6. The highest BCUT2D eigenvalue weighted by Gasteiger charge is 2.12. The minimum Gasteiger partial charge on any atom is -0.489 e. The lowest BCUT2D eigenvalue weighted by Crippen LogP contribution is -2.40. The van der Waals surface area contributed by atoms with Gasteiger partial charge in [-0.3, -0.25) is 10.0 Å². The average Bonchev–Trinajstić information content (AvgIpc) is 2.54. The molecule has 0 aromatic heterocycles. The van der Waals surface area contributed by atoms with Gasteiger partial charge in [0.15, 0.2) is 0 Å². The molecule has 1 amide bonds. The van der Waals surface area contributed by atoms with Gasteiger partial charge in [0.1, 0.15) is 12.4 Å². The average molecular weight is 321 g/mol. The van der Waals surface area contributed by atoms with Crippen LogP contribution in [0.1, 0.15) is 11.1 Å². The number of carbonyl (C=O) groups is 1. The van der Waals surface area contributed by atoms with Crippen molar-refractivity contribution in [3.05, 3.63) is 64.7 Å². The van der Waals surface area contributed by atoms with Crippen molar-refractivity contribution >= 4 is 17.5 Å². The van der Waals surface area contributed by atoms with Gasteiger partial charge in [-0.15, -0.1) is 0 Å². The summed E-state index contributed by atoms with van der Waals surface area (Å²) in [6.07, 6.45) is 0.331. The minimum atomic E-state index is -0.792. The van der Waals surface area contributed by atoms with E-state index in [9.17, 15) is 4.79 Å². The number of carbonyl (C=O) groups excluding carboxylic acids is 1. The topological polar surface area (TPSA) is 84.6 Å². The van der Waals surface area contributed by atoms with E-state index in [1.165, 1.54) is 5.48 Å². The third-order valence-electron chi connectivity index (χ3n) is 3.18. The van der Waals surface area contributed by atoms with Gasteiger partial charge in [0.25, 0.3) is 5.91 Å². The first-order chi connectivity index (χ1) is 10.6. The van der Waals surface area contributed by atoms with Gasteiger partial charge in [-0.1, -0.05) is 41.9 Å². The Hall–Kier alpha value is -2.08. The van der Waals surface area contributed by atoms with Crippen molar-refractivity contribution in [3.8, 4) is 5.75 Å². The highest BCUT2D eigenvalue weighted by Crippen LogP contribution is 2.19. The van der Waals surface area contributed by atoms with Gasteiger partial charge in [0.05, 0.1) is 6.04 Å². The highest BCUT2D eigenvalue weighted by atomic mass is 35.5. The Bertz CT molecular complexity index is 632. The van der Waals surface area contributed by atoms with E-state index < -0.39 is 11.9 Å². The third-order valence-corrected chi connectivity index (χ3v) is 3.55. The predicted octanol–water partition coefficient (Wildman–Crippen LogP) is 2.29. The second-order valence-corrected chi connectivity index (χ2v) is 5.22. The van der Waals surface area contributed by atoms with Gasteiger partial charge in [0, 0.05) is 10.6 Å². The summed E-state index contributed by atoms with van der Waals surface area (Å²) >= 11 is 6.06. The molecule has 0 fully saturated rings. The Balaban J connectivity index is 1.92. The predicted molar refractivity (Wildman–Crippen MR) is 83.8 cm³/mol. The zero-order chi connectivity index (χ0) is 15.9. The molecule has 0 saturated carbocycles. The Morgan fingerprint density at radius 1 is 1.23 bits per heavy atom. The van der Waals surface area contributed by atoms with E-state index in [0.717, 1.165) is 11.1 Å². The molecule has 1 atom stereocenters. The molecule has 0 heterocycles. The smallest absolute Gasteiger partial charge is 0.260 e. The molecule has 0 aliphatic rings. The van der Waals surface area contributed by atoms with Crippen molar-refractivity contribution < 1.29 is 14.7 Å². The molecule has 116 valence electrons. The lowest BCUT2D eigenvalue weighted by atomic mass is 10.1. The Labute approximate surface area is 133 Å². The van der Waals surface area contributed by atoms with Crippen LogP contribution in [0, 0.1) is 0 Å². The van der Waals surface area contributed by atoms with Crippen LogP contribution in [0.25, 0.3) is 0 Å². The molecule has 0 spiro atoms. The second-order valence-electron chi connectivity index (χ2n) is 4.81. The first kappa shape index (κ1) is 16.3. The highest BCUT2D eigenvalue weighted by molar-refractivity contribution is 6.31. The summed E-state index contributed by atoms with van der Waals surface area (Å²) in [6.45, 7) is 0.380. The molecular weight excluding hydrogens is 304 g/mol. The van der Waals surface area contributed by atoms with Crippen LogP contribution < -0.4 is 16.0 Å². The number of ether oxygens (including phenoxy) is 1. The molecular formula is C16H17ClN2O3. The van der Waals surface area contributed by atoms with Crippen LogP contribution in [-0.2, 0) is 17.8 Å². The molecule has 0 aliphatic heterocycles. The zero-order valence-corrected chi connectivity index (χ0v) is 12.6. The maximum atomic E-state index is 11.2. The van der Waals surface area contributed by atoms with Crippen molar-refractivity contribution in [1.29, 1.82) is 0 Å². The number of nitrogens with two attached hydrogens (primary N) is 1. The SMILES string of the molecule is N[C@@H](Cc1ccc(OCc2ccccc2Cl)cc1)C(=O)NO. The van der Waals surface area contributed by atoms with Crippen LogP contribution in [0.5, 0.6) is 5.75 Å². The van der Waals surface area contributed by atoms with Crippen LogP contribution >= 0.6 is 11.6 Å². The summed E-state index contributed by atoms with van der Waals surface area (Å²) in [5, 5.41) is 9.18. The fraction of sp³-hybridized carbons (Fsp3) is 0.188. The van der Waals surface area contributed by atoms with E-state index in [2.05, 4.69) is 0 Å². The Morgan fingerprint density at radius 3 is 2.55 bits per heavy atom. The molecule has 2 aromatic rings. The fourth-order valence-corrected chi connectivity index (χ4v) is 2.12. The van der Waals surface area contributed by atoms with Crippen molar-refractivity contribution in [2.45, 2.75) is 19.1 Å². The summed E-state index contributed by atoms with van der Waals surface area (Å²) in [7, 11) is 0. The van der Waals surface area contributed by atoms with Crippen molar-refractivity contribution in [2.75, 3.05) is 0 Å². The van der Waals surface area contributed by atoms with E-state index >= 15 is 0 Å². The number of hydrogen-bond donors (Lipinski definition) is 3. The number of benzene rings is 2. The lowest BCUT2D eigenvalue weighted by Gasteiger charge is -2.11. The molecule has 22 heavy (non-hydrogen) atoms. The molecule has 6 heteroatoms. The summed E-state index contributed by atoms with van der Waals surface area (Å²) in [6, 6.07) is 14.0. The van der Waals surface area contributed by atoms with Gasteiger partial charge < -0.3 is 10.5 Å². The second kappa shape index (κ2) is 7.79. The van der Waals surface area contributed by atoms with E-state index in [4.69, 9.17) is 27.3 Å². The molecule has 2 aromatic carbocycles. The summed E-state index contributed by atoms with van der Waals surface area (Å²) in [5.74, 6) is 0.0860. The number of hydrogen-bond acceptors (Lipinski definition) is 4. The Kier molecular flexibility index (Phi) is 5.77. The van der Waals surface area contributed by atoms with Crippen LogP contribution in [0.4, 0.5) is 0 Å². The molecule has 4 N–H and O–H groups in total. The first-order valence-corrected chi connectivity index (χ1v) is 7.12. The van der Waals surface area contributed by atoms with Crippen molar-refractivity contribution in [3.63, 3.8) is 0 Å². The first-order valence-electron chi connectivity index (χ1n) is 6.75. The van der Waals surface area contributed by atoms with Gasteiger partial charge in [-0.05, 0) is 30.2 Å². The summed E-state index contributed by atoms with van der Waals surface area (Å²) in [4.78, 5) is 11.2. The summed E-state index contributed by atoms with van der Waals surface area (Å²) in [5.41, 5.74) is 8.96. The normalized spacial score (nSPS) is 11.8. The Morgan fingerprint density at radius 2 is 1.91 bits per heavy atom. The van der Waals surface area contributed by atoms with E-state index in [1.54, 1.807) is 12.1 Å². The number of halogens is 1. The van der Waals surface area contributed by atoms with Crippen LogP contribution in [-0.4, -0.2) is 17.2 Å². The molecule has 5 nitrogen and oxygen atoms in total. The van der Waals surface area contributed by atoms with E-state index in [-0.39, 0.29) is 0 Å². The number of nitrogens with one attached hydrogen (secondary N) is 1. The lowest BCUT2D eigenvalue weighted by molar-refractivity contribution is -0.130. The standard InChI is InChI=1S/C16H17ClN2O3/c17-14-4-2-1-3-12(14)10-22-13-7-5-11(6-8-13)9-15(18)16(20)19-21/h1-8,15,21H,9-10,18H2,(H,19,20)/t15-/m0/s1. The van der Waals surface area contributed by atoms with Crippen LogP contribution in [0.2, 0.25) is 5.02 Å². The monoisotopic (exact) mass is 320 g/mol. The third kappa shape index (κ3) is 4.46. The van der Waals surface area contributed by atoms with Gasteiger partial charge in [-0.25, -0.2) is 5.48 Å². The molecule has 0 aliphatic carbocycles. The van der Waals surface area contributed by atoms with Gasteiger partial charge >= 0.3 is 0 Å². The molecule has 0 saturated heterocycles. The number of hydroxylamine groups is 1. The molecule has 0 radical (unpaired) electrons. The minimum absolute atomic E-state index is 0.331. The maximum absolute atomic E-state index is 11.2. The fourth-order valence-electron chi connectivity index (χ4n) is 1.93. The van der Waals surface area contributed by atoms with Gasteiger partial charge in [-0.2, -0.15) is 0 Å². The largest absolute Gasteiger partial charge is 0.489 e. The quantitative estimate of drug-likeness (QED) is 0.563. The van der Waals surface area contributed by atoms with Crippen LogP contribution in [0.3, 0.4) is 0 Å². The van der Waals surface area contributed by atoms with Crippen molar-refractivity contribution in [2.24, 2.45) is 5.73 Å². The van der Waals surface area contributed by atoms with E-state index in [1.807, 2.05) is 36.4 Å². The molecule has 2 rings (SSSR count). The van der Waals surface area contributed by atoms with E-state index in [0.29, 0.717) is 23.8 Å². The molecule has 0 unspecified atom stereocenters.